The van der Waals surface area contributed by atoms with E-state index in [-0.39, 0.29) is 16.8 Å². The van der Waals surface area contributed by atoms with Crippen LogP contribution in [0, 0.1) is 6.92 Å². The molecule has 2 fully saturated rings. The molecule has 1 heterocycles. The van der Waals surface area contributed by atoms with Gasteiger partial charge in [0.25, 0.3) is 5.91 Å². The van der Waals surface area contributed by atoms with Crippen molar-refractivity contribution in [1.29, 1.82) is 0 Å². The third-order valence-corrected chi connectivity index (χ3v) is 7.00. The zero-order valence-electron chi connectivity index (χ0n) is 16.0. The van der Waals surface area contributed by atoms with E-state index in [2.05, 4.69) is 20.3 Å². The van der Waals surface area contributed by atoms with Crippen LogP contribution in [0.25, 0.3) is 0 Å². The van der Waals surface area contributed by atoms with Crippen LogP contribution in [0.2, 0.25) is 0 Å². The minimum atomic E-state index is -3.61. The summed E-state index contributed by atoms with van der Waals surface area (Å²) in [5.74, 6) is -0.234. The fourth-order valence-corrected chi connectivity index (χ4v) is 5.30. The number of piperazine rings is 1. The quantitative estimate of drug-likeness (QED) is 0.638. The number of carbonyl (C=O) groups is 1. The number of aryl methyl sites for hydroxylation is 1. The predicted octanol–water partition coefficient (Wildman–Crippen LogP) is 0.851. The maximum Gasteiger partial charge on any atom is 0.251 e. The Hall–Kier alpha value is -1.48. The smallest absolute Gasteiger partial charge is 0.251 e. The van der Waals surface area contributed by atoms with Crippen molar-refractivity contribution in [1.82, 2.24) is 20.3 Å². The molecule has 3 rings (SSSR count). The van der Waals surface area contributed by atoms with Crippen LogP contribution >= 0.6 is 0 Å². The van der Waals surface area contributed by atoms with Gasteiger partial charge in [-0.1, -0.05) is 18.9 Å². The van der Waals surface area contributed by atoms with Crippen LogP contribution in [0.5, 0.6) is 0 Å². The Morgan fingerprint density at radius 1 is 1.22 bits per heavy atom. The van der Waals surface area contributed by atoms with Crippen molar-refractivity contribution in [2.75, 3.05) is 39.3 Å². The second-order valence-electron chi connectivity index (χ2n) is 7.43. The molecule has 0 atom stereocenters. The normalized spacial score (nSPS) is 19.3. The van der Waals surface area contributed by atoms with Gasteiger partial charge in [-0.2, -0.15) is 0 Å². The van der Waals surface area contributed by atoms with Gasteiger partial charge in [-0.25, -0.2) is 13.1 Å². The van der Waals surface area contributed by atoms with Gasteiger partial charge in [-0.3, -0.25) is 9.69 Å². The van der Waals surface area contributed by atoms with Gasteiger partial charge in [0, 0.05) is 50.9 Å². The van der Waals surface area contributed by atoms with E-state index in [9.17, 15) is 13.2 Å². The molecule has 0 aromatic heterocycles. The SMILES string of the molecule is Cc1ccc(C(=O)NCCN2CCNCC2)cc1S(=O)(=O)NC1CCCC1. The average molecular weight is 395 g/mol. The number of benzene rings is 1. The Labute approximate surface area is 161 Å². The first-order chi connectivity index (χ1) is 13.0. The van der Waals surface area contributed by atoms with E-state index in [1.54, 1.807) is 19.1 Å². The molecule has 0 spiro atoms. The molecule has 150 valence electrons. The highest BCUT2D eigenvalue weighted by atomic mass is 32.2. The lowest BCUT2D eigenvalue weighted by molar-refractivity contribution is 0.0947. The zero-order valence-corrected chi connectivity index (χ0v) is 16.8. The average Bonchev–Trinajstić information content (AvgIpc) is 3.15. The monoisotopic (exact) mass is 394 g/mol. The Balaban J connectivity index is 1.62. The number of nitrogens with zero attached hydrogens (tertiary/aromatic N) is 1. The molecule has 1 aliphatic carbocycles. The van der Waals surface area contributed by atoms with Gasteiger partial charge >= 0.3 is 0 Å². The lowest BCUT2D eigenvalue weighted by Crippen LogP contribution is -2.46. The van der Waals surface area contributed by atoms with E-state index < -0.39 is 10.0 Å². The molecule has 0 bridgehead atoms. The van der Waals surface area contributed by atoms with E-state index in [0.29, 0.717) is 17.7 Å². The summed E-state index contributed by atoms with van der Waals surface area (Å²) < 4.78 is 28.3. The van der Waals surface area contributed by atoms with Gasteiger partial charge in [-0.05, 0) is 37.5 Å². The topological polar surface area (TPSA) is 90.5 Å². The summed E-state index contributed by atoms with van der Waals surface area (Å²) in [6.45, 7) is 7.02. The molecule has 1 saturated carbocycles. The predicted molar refractivity (Wildman–Crippen MR) is 105 cm³/mol. The summed E-state index contributed by atoms with van der Waals surface area (Å²) in [4.78, 5) is 15.0. The highest BCUT2D eigenvalue weighted by Crippen LogP contribution is 2.22. The van der Waals surface area contributed by atoms with Gasteiger partial charge in [-0.15, -0.1) is 0 Å². The summed E-state index contributed by atoms with van der Waals surface area (Å²) >= 11 is 0. The van der Waals surface area contributed by atoms with Crippen LogP contribution in [0.15, 0.2) is 23.1 Å². The van der Waals surface area contributed by atoms with Crippen molar-refractivity contribution in [3.05, 3.63) is 29.3 Å². The molecule has 0 radical (unpaired) electrons. The van der Waals surface area contributed by atoms with Crippen molar-refractivity contribution >= 4 is 15.9 Å². The van der Waals surface area contributed by atoms with Gasteiger partial charge in [0.05, 0.1) is 4.90 Å². The number of nitrogens with one attached hydrogen (secondary N) is 3. The minimum Gasteiger partial charge on any atom is -0.351 e. The fraction of sp³-hybridized carbons (Fsp3) is 0.632. The molecule has 1 amide bonds. The lowest BCUT2D eigenvalue weighted by atomic mass is 10.1. The second-order valence-corrected chi connectivity index (χ2v) is 9.11. The van der Waals surface area contributed by atoms with Gasteiger partial charge in [0.2, 0.25) is 10.0 Å². The zero-order chi connectivity index (χ0) is 19.3. The van der Waals surface area contributed by atoms with Crippen molar-refractivity contribution in [3.8, 4) is 0 Å². The third kappa shape index (κ3) is 5.51. The Morgan fingerprint density at radius 2 is 1.93 bits per heavy atom. The lowest BCUT2D eigenvalue weighted by Gasteiger charge is -2.27. The van der Waals surface area contributed by atoms with Crippen LogP contribution in [0.4, 0.5) is 0 Å². The molecular formula is C19H30N4O3S. The molecule has 1 saturated heterocycles. The number of rotatable bonds is 7. The van der Waals surface area contributed by atoms with E-state index in [1.165, 1.54) is 6.07 Å². The van der Waals surface area contributed by atoms with Crippen LogP contribution < -0.4 is 15.4 Å². The molecule has 3 N–H and O–H groups in total. The number of sulfonamides is 1. The molecule has 8 heteroatoms. The molecule has 0 unspecified atom stereocenters. The van der Waals surface area contributed by atoms with E-state index >= 15 is 0 Å². The van der Waals surface area contributed by atoms with E-state index in [1.807, 2.05) is 0 Å². The van der Waals surface area contributed by atoms with Crippen LogP contribution in [-0.2, 0) is 10.0 Å². The molecule has 1 aromatic rings. The number of hydrogen-bond acceptors (Lipinski definition) is 5. The van der Waals surface area contributed by atoms with E-state index in [0.717, 1.165) is 58.4 Å². The summed E-state index contributed by atoms with van der Waals surface area (Å²) in [5.41, 5.74) is 1.03. The molecule has 2 aliphatic rings. The first-order valence-electron chi connectivity index (χ1n) is 9.80. The summed E-state index contributed by atoms with van der Waals surface area (Å²) in [7, 11) is -3.61. The van der Waals surface area contributed by atoms with Crippen LogP contribution in [0.1, 0.15) is 41.6 Å². The van der Waals surface area contributed by atoms with Crippen molar-refractivity contribution < 1.29 is 13.2 Å². The number of carbonyl (C=O) groups excluding carboxylic acids is 1. The summed E-state index contributed by atoms with van der Waals surface area (Å²) in [6, 6.07) is 4.89. The van der Waals surface area contributed by atoms with Crippen LogP contribution in [-0.4, -0.2) is 64.5 Å². The third-order valence-electron chi connectivity index (χ3n) is 5.34. The molecule has 1 aromatic carbocycles. The van der Waals surface area contributed by atoms with Gasteiger partial charge < -0.3 is 10.6 Å². The van der Waals surface area contributed by atoms with Crippen molar-refractivity contribution in [3.63, 3.8) is 0 Å². The first kappa shape index (κ1) is 20.3. The number of hydrogen-bond donors (Lipinski definition) is 3. The highest BCUT2D eigenvalue weighted by molar-refractivity contribution is 7.89. The van der Waals surface area contributed by atoms with Crippen LogP contribution in [0.3, 0.4) is 0 Å². The molecular weight excluding hydrogens is 364 g/mol. The Morgan fingerprint density at radius 3 is 2.63 bits per heavy atom. The maximum absolute atomic E-state index is 12.7. The highest BCUT2D eigenvalue weighted by Gasteiger charge is 2.25. The van der Waals surface area contributed by atoms with Crippen molar-refractivity contribution in [2.45, 2.75) is 43.5 Å². The molecule has 27 heavy (non-hydrogen) atoms. The Bertz CT molecular complexity index is 754. The molecule has 1 aliphatic heterocycles. The maximum atomic E-state index is 12.7. The van der Waals surface area contributed by atoms with E-state index in [4.69, 9.17) is 0 Å². The van der Waals surface area contributed by atoms with Gasteiger partial charge in [0.1, 0.15) is 0 Å². The summed E-state index contributed by atoms with van der Waals surface area (Å²) in [6.07, 6.45) is 3.87. The fourth-order valence-electron chi connectivity index (χ4n) is 3.72. The second kappa shape index (κ2) is 9.14. The standard InChI is InChI=1S/C19H30N4O3S/c1-15-6-7-16(19(24)21-10-13-23-11-8-20-9-12-23)14-18(15)27(25,26)22-17-4-2-3-5-17/h6-7,14,17,20,22H,2-5,8-13H2,1H3,(H,21,24). The molecule has 7 nitrogen and oxygen atoms in total. The first-order valence-corrected chi connectivity index (χ1v) is 11.3. The van der Waals surface area contributed by atoms with Gasteiger partial charge in [0.15, 0.2) is 0 Å². The Kier molecular flexibility index (Phi) is 6.86. The number of amides is 1. The largest absolute Gasteiger partial charge is 0.351 e. The minimum absolute atomic E-state index is 0.00548. The van der Waals surface area contributed by atoms with Crippen molar-refractivity contribution in [2.24, 2.45) is 0 Å². The summed E-state index contributed by atoms with van der Waals surface area (Å²) in [5, 5.41) is 6.20.